The smallest absolute Gasteiger partial charge is 0.380 e. The Bertz CT molecular complexity index is 1580. The quantitative estimate of drug-likeness (QED) is 0.207. The molecule has 2 aliphatic carbocycles. The zero-order chi connectivity index (χ0) is 33.4. The van der Waals surface area contributed by atoms with Gasteiger partial charge in [-0.15, -0.1) is 0 Å². The van der Waals surface area contributed by atoms with Crippen LogP contribution >= 0.6 is 31.9 Å². The Balaban J connectivity index is 0.000000143. The Morgan fingerprint density at radius 2 is 1.36 bits per heavy atom. The molecule has 0 aromatic heterocycles. The fraction of sp³-hybridized carbons (Fsp3) is 0.375. The lowest BCUT2D eigenvalue weighted by Gasteiger charge is -2.36. The van der Waals surface area contributed by atoms with Gasteiger partial charge in [0.05, 0.1) is 6.10 Å². The van der Waals surface area contributed by atoms with Crippen LogP contribution in [0.3, 0.4) is 0 Å². The van der Waals surface area contributed by atoms with Gasteiger partial charge < -0.3 is 14.6 Å². The zero-order valence-corrected chi connectivity index (χ0v) is 31.0. The molecule has 0 unspecified atom stereocenters. The van der Waals surface area contributed by atoms with Crippen LogP contribution in [0.1, 0.15) is 96.7 Å². The van der Waals surface area contributed by atoms with Crippen molar-refractivity contribution in [3.63, 3.8) is 0 Å². The summed E-state index contributed by atoms with van der Waals surface area (Å²) in [6.07, 6.45) is 8.12. The van der Waals surface area contributed by atoms with Crippen LogP contribution in [0.5, 0.6) is 0 Å². The molecule has 47 heavy (non-hydrogen) atoms. The monoisotopic (exact) mass is 757 g/mol. The summed E-state index contributed by atoms with van der Waals surface area (Å²) in [5.41, 5.74) is 6.76. The number of Topliss-reactive ketones (excluding diaryl/α,β-unsaturated/α-hetero) is 1. The molecular weight excluding hydrogens is 713 g/mol. The van der Waals surface area contributed by atoms with Gasteiger partial charge in [-0.3, -0.25) is 4.79 Å². The highest BCUT2D eigenvalue weighted by atomic mass is 79.9. The van der Waals surface area contributed by atoms with Gasteiger partial charge in [-0.25, -0.2) is 0 Å². The molecule has 0 saturated carbocycles. The number of carbonyl (C=O) groups excluding carboxylic acids is 1. The second-order valence-corrected chi connectivity index (χ2v) is 14.2. The van der Waals surface area contributed by atoms with E-state index in [1.165, 1.54) is 35.1 Å². The van der Waals surface area contributed by atoms with Gasteiger partial charge in [0.15, 0.2) is 5.78 Å². The maximum atomic E-state index is 11.4. The number of aryl methyl sites for hydroxylation is 2. The predicted octanol–water partition coefficient (Wildman–Crippen LogP) is 10.4. The molecule has 0 bridgehead atoms. The molecule has 0 spiro atoms. The summed E-state index contributed by atoms with van der Waals surface area (Å²) in [7, 11) is 0.179. The third kappa shape index (κ3) is 8.03. The summed E-state index contributed by atoms with van der Waals surface area (Å²) in [4.78, 5) is 13.9. The van der Waals surface area contributed by atoms with E-state index in [-0.39, 0.29) is 24.5 Å². The SMILES string of the molecule is CB1OC(c2ccccc2)(c2ccccc2)[C@@H]2CCCN12.CC.O=C1CCCc2ccc(Br)cc21.O[C@@H]1CCCc2ccc(Br)cc21. The highest BCUT2D eigenvalue weighted by Gasteiger charge is 2.56. The number of aliphatic hydroxyl groups excluding tert-OH is 1. The first-order chi connectivity index (χ1) is 22.9. The predicted molar refractivity (Wildman–Crippen MR) is 201 cm³/mol. The lowest BCUT2D eigenvalue weighted by atomic mass is 9.79. The van der Waals surface area contributed by atoms with Crippen molar-refractivity contribution in [1.29, 1.82) is 0 Å². The Hall–Kier alpha value is -2.55. The van der Waals surface area contributed by atoms with Gasteiger partial charge in [-0.05, 0) is 110 Å². The van der Waals surface area contributed by atoms with Crippen LogP contribution in [-0.4, -0.2) is 35.3 Å². The van der Waals surface area contributed by atoms with Crippen LogP contribution in [0.4, 0.5) is 0 Å². The van der Waals surface area contributed by atoms with Gasteiger partial charge in [-0.1, -0.05) is 119 Å². The third-order valence-electron chi connectivity index (χ3n) is 9.61. The van der Waals surface area contributed by atoms with E-state index in [1.54, 1.807) is 0 Å². The van der Waals surface area contributed by atoms with E-state index >= 15 is 0 Å². The van der Waals surface area contributed by atoms with E-state index in [0.29, 0.717) is 12.5 Å². The molecule has 2 aliphatic heterocycles. The Morgan fingerprint density at radius 1 is 0.766 bits per heavy atom. The number of benzene rings is 4. The van der Waals surface area contributed by atoms with Crippen molar-refractivity contribution < 1.29 is 14.6 Å². The maximum Gasteiger partial charge on any atom is 0.380 e. The molecule has 4 aromatic rings. The van der Waals surface area contributed by atoms with Crippen molar-refractivity contribution >= 4 is 44.7 Å². The fourth-order valence-corrected chi connectivity index (χ4v) is 8.22. The number of nitrogens with zero attached hydrogens (tertiary/aromatic N) is 1. The van der Waals surface area contributed by atoms with Crippen molar-refractivity contribution in [3.8, 4) is 0 Å². The van der Waals surface area contributed by atoms with Gasteiger partial charge in [0, 0.05) is 27.0 Å². The second kappa shape index (κ2) is 16.7. The number of hydrogen-bond acceptors (Lipinski definition) is 4. The molecule has 2 heterocycles. The van der Waals surface area contributed by atoms with E-state index in [2.05, 4.69) is 110 Å². The summed E-state index contributed by atoms with van der Waals surface area (Å²) >= 11 is 6.77. The van der Waals surface area contributed by atoms with Crippen molar-refractivity contribution in [3.05, 3.63) is 139 Å². The summed E-state index contributed by atoms with van der Waals surface area (Å²) in [5.74, 6) is 0.289. The van der Waals surface area contributed by atoms with Crippen LogP contribution in [0.2, 0.25) is 6.82 Å². The van der Waals surface area contributed by atoms with Gasteiger partial charge in [0.1, 0.15) is 5.60 Å². The van der Waals surface area contributed by atoms with E-state index < -0.39 is 0 Å². The minimum atomic E-state index is -0.321. The molecule has 8 rings (SSSR count). The van der Waals surface area contributed by atoms with Crippen LogP contribution in [0.25, 0.3) is 0 Å². The van der Waals surface area contributed by atoms with Crippen molar-refractivity contribution in [2.24, 2.45) is 0 Å². The number of ketones is 1. The van der Waals surface area contributed by atoms with E-state index in [1.807, 2.05) is 44.2 Å². The molecular formula is C40H46BBr2NO3. The number of aliphatic hydroxyl groups is 1. The molecule has 0 radical (unpaired) electrons. The van der Waals surface area contributed by atoms with Gasteiger partial charge in [0.2, 0.25) is 0 Å². The highest BCUT2D eigenvalue weighted by Crippen LogP contribution is 2.48. The largest absolute Gasteiger partial charge is 0.406 e. The van der Waals surface area contributed by atoms with Crippen LogP contribution in [0, 0.1) is 0 Å². The first-order valence-corrected chi connectivity index (χ1v) is 18.8. The van der Waals surface area contributed by atoms with Crippen LogP contribution in [0.15, 0.2) is 106 Å². The number of hydrogen-bond donors (Lipinski definition) is 1. The highest BCUT2D eigenvalue weighted by molar-refractivity contribution is 9.10. The van der Waals surface area contributed by atoms with Gasteiger partial charge >= 0.3 is 7.05 Å². The molecule has 1 N–H and O–H groups in total. The number of fused-ring (bicyclic) bond motifs is 3. The first kappa shape index (κ1) is 35.8. The molecule has 4 aromatic carbocycles. The normalized spacial score (nSPS) is 20.6. The molecule has 2 fully saturated rings. The Labute approximate surface area is 298 Å². The van der Waals surface area contributed by atoms with Gasteiger partial charge in [0.25, 0.3) is 0 Å². The van der Waals surface area contributed by atoms with E-state index in [0.717, 1.165) is 58.7 Å². The minimum Gasteiger partial charge on any atom is -0.406 e. The fourth-order valence-electron chi connectivity index (χ4n) is 7.48. The average molecular weight is 759 g/mol. The molecule has 4 nitrogen and oxygen atoms in total. The number of rotatable bonds is 2. The van der Waals surface area contributed by atoms with E-state index in [4.69, 9.17) is 4.65 Å². The summed E-state index contributed by atoms with van der Waals surface area (Å²) in [6.45, 7) is 7.33. The third-order valence-corrected chi connectivity index (χ3v) is 10.6. The summed E-state index contributed by atoms with van der Waals surface area (Å²) in [6, 6.07) is 34.0. The van der Waals surface area contributed by atoms with Crippen LogP contribution < -0.4 is 0 Å². The van der Waals surface area contributed by atoms with Crippen molar-refractivity contribution in [2.75, 3.05) is 6.54 Å². The first-order valence-electron chi connectivity index (χ1n) is 17.2. The number of carbonyl (C=O) groups is 1. The Kier molecular flexibility index (Phi) is 12.7. The van der Waals surface area contributed by atoms with Crippen molar-refractivity contribution in [1.82, 2.24) is 4.81 Å². The Morgan fingerprint density at radius 3 is 2.02 bits per heavy atom. The molecule has 2 saturated heterocycles. The second-order valence-electron chi connectivity index (χ2n) is 12.4. The maximum absolute atomic E-state index is 11.4. The average Bonchev–Trinajstić information content (AvgIpc) is 3.71. The standard InChI is InChI=1S/C18H20BNO.C10H11BrO.C10H9BrO.C2H6/c1-19-20-14-8-13-17(20)18(21-19,15-9-4-2-5-10-15)16-11-6-3-7-12-16;2*11-8-5-4-7-2-1-3-10(12)9(7)6-8;1-2/h2-7,9-12,17H,8,13-14H2,1H3;4-6,10,12H,1-3H2;4-6H,1-3H2;1-2H3/t17-;10-;;/m01../s1. The zero-order valence-electron chi connectivity index (χ0n) is 27.8. The molecule has 246 valence electrons. The minimum absolute atomic E-state index is 0.179. The molecule has 7 heteroatoms. The summed E-state index contributed by atoms with van der Waals surface area (Å²) < 4.78 is 8.67. The number of halogens is 2. The van der Waals surface area contributed by atoms with E-state index in [9.17, 15) is 9.90 Å². The molecule has 4 aliphatic rings. The van der Waals surface area contributed by atoms with Crippen molar-refractivity contribution in [2.45, 2.75) is 89.8 Å². The lowest BCUT2D eigenvalue weighted by Crippen LogP contribution is -2.41. The molecule has 2 atom stereocenters. The topological polar surface area (TPSA) is 49.8 Å². The molecule has 0 amide bonds. The van der Waals surface area contributed by atoms with Gasteiger partial charge in [-0.2, -0.15) is 0 Å². The lowest BCUT2D eigenvalue weighted by molar-refractivity contribution is 0.0972. The summed E-state index contributed by atoms with van der Waals surface area (Å²) in [5, 5.41) is 9.66. The van der Waals surface area contributed by atoms with Crippen LogP contribution in [-0.2, 0) is 23.1 Å².